The third-order valence-corrected chi connectivity index (χ3v) is 1.97. The zero-order valence-corrected chi connectivity index (χ0v) is 5.85. The van der Waals surface area contributed by atoms with Gasteiger partial charge in [0.2, 0.25) is 0 Å². The van der Waals surface area contributed by atoms with E-state index in [4.69, 9.17) is 0 Å². The predicted molar refractivity (Wildman–Crippen MR) is 25.4 cm³/mol. The van der Waals surface area contributed by atoms with Gasteiger partial charge in [-0.25, -0.2) is 0 Å². The van der Waals surface area contributed by atoms with Crippen LogP contribution in [-0.2, 0) is 19.4 Å². The minimum absolute atomic E-state index is 1.25. The molecular weight excluding hydrogens is 180 g/mol. The zero-order valence-electron chi connectivity index (χ0n) is 4.30. The van der Waals surface area contributed by atoms with E-state index in [1.54, 1.807) is 0 Å². The van der Waals surface area contributed by atoms with Crippen molar-refractivity contribution in [1.82, 2.24) is 3.53 Å². The first kappa shape index (κ1) is 5.75. The summed E-state index contributed by atoms with van der Waals surface area (Å²) in [5, 5.41) is 0. The Labute approximate surface area is 55.8 Å². The second kappa shape index (κ2) is 2.82. The molecule has 0 atom stereocenters. The molecule has 0 bridgehead atoms. The van der Waals surface area contributed by atoms with Gasteiger partial charge in [0.1, 0.15) is 0 Å². The molecule has 2 heteroatoms. The van der Waals surface area contributed by atoms with E-state index in [2.05, 4.69) is 23.0 Å². The van der Waals surface area contributed by atoms with Crippen LogP contribution < -0.4 is 0 Å². The molecule has 0 amide bonds. The molecule has 0 saturated carbocycles. The molecule has 1 nitrogen and oxygen atoms in total. The molecule has 1 saturated heterocycles. The Morgan fingerprint density at radius 2 is 1.57 bits per heavy atom. The Bertz CT molecular complexity index is 50.0. The van der Waals surface area contributed by atoms with Crippen molar-refractivity contribution in [2.45, 2.75) is 19.3 Å². The van der Waals surface area contributed by atoms with Crippen molar-refractivity contribution in [3.63, 3.8) is 0 Å². The van der Waals surface area contributed by atoms with Crippen LogP contribution in [0.5, 0.6) is 0 Å². The molecule has 1 fully saturated rings. The van der Waals surface area contributed by atoms with Crippen LogP contribution in [0, 0.1) is 0 Å². The standard InChI is InChI=1S/C5H10N.Pd/c1-2-4-6-5-3-1;/h1-5H2;/q-1;+1. The molecule has 0 radical (unpaired) electrons. The van der Waals surface area contributed by atoms with Gasteiger partial charge < -0.3 is 0 Å². The van der Waals surface area contributed by atoms with E-state index in [1.165, 1.54) is 32.4 Å². The van der Waals surface area contributed by atoms with Crippen molar-refractivity contribution in [2.75, 3.05) is 13.1 Å². The first-order chi connectivity index (χ1) is 3.39. The van der Waals surface area contributed by atoms with Crippen LogP contribution >= 0.6 is 0 Å². The fraction of sp³-hybridized carbons (Fsp3) is 1.00. The monoisotopic (exact) mass is 190 g/mol. The minimum atomic E-state index is 1.25. The van der Waals surface area contributed by atoms with Crippen LogP contribution in [0.4, 0.5) is 0 Å². The quantitative estimate of drug-likeness (QED) is 0.514. The van der Waals surface area contributed by atoms with Gasteiger partial charge >= 0.3 is 55.3 Å². The van der Waals surface area contributed by atoms with Gasteiger partial charge in [0.15, 0.2) is 0 Å². The summed E-state index contributed by atoms with van der Waals surface area (Å²) >= 11 is 3.18. The van der Waals surface area contributed by atoms with E-state index >= 15 is 0 Å². The van der Waals surface area contributed by atoms with Gasteiger partial charge in [-0.3, -0.25) is 0 Å². The number of piperidine rings is 1. The Hall–Kier alpha value is 0.622. The molecular formula is C5H10NPd. The Morgan fingerprint density at radius 1 is 1.00 bits per heavy atom. The summed E-state index contributed by atoms with van der Waals surface area (Å²) < 4.78 is 2.24. The molecule has 45 valence electrons. The number of hydrogen-bond acceptors (Lipinski definition) is 1. The van der Waals surface area contributed by atoms with Gasteiger partial charge in [0.05, 0.1) is 0 Å². The van der Waals surface area contributed by atoms with Gasteiger partial charge in [0.25, 0.3) is 0 Å². The van der Waals surface area contributed by atoms with E-state index in [0.717, 1.165) is 0 Å². The Balaban J connectivity index is 2.12. The molecule has 1 aliphatic heterocycles. The van der Waals surface area contributed by atoms with Crippen molar-refractivity contribution < 1.29 is 19.4 Å². The molecule has 0 N–H and O–H groups in total. The molecule has 0 aromatic rings. The summed E-state index contributed by atoms with van der Waals surface area (Å²) in [7, 11) is 0. The molecule has 7 heavy (non-hydrogen) atoms. The van der Waals surface area contributed by atoms with E-state index in [0.29, 0.717) is 0 Å². The molecule has 0 spiro atoms. The van der Waals surface area contributed by atoms with Gasteiger partial charge in [-0.05, 0) is 0 Å². The summed E-state index contributed by atoms with van der Waals surface area (Å²) in [5.41, 5.74) is 0. The number of rotatable bonds is 0. The molecule has 0 aromatic carbocycles. The van der Waals surface area contributed by atoms with Crippen molar-refractivity contribution in [2.24, 2.45) is 0 Å². The van der Waals surface area contributed by atoms with Crippen LogP contribution in [0.1, 0.15) is 19.3 Å². The molecule has 1 rings (SSSR count). The predicted octanol–water partition coefficient (Wildman–Crippen LogP) is 0.934. The van der Waals surface area contributed by atoms with Crippen LogP contribution in [0.3, 0.4) is 0 Å². The van der Waals surface area contributed by atoms with Crippen LogP contribution in [0.2, 0.25) is 0 Å². The van der Waals surface area contributed by atoms with Crippen molar-refractivity contribution in [3.8, 4) is 0 Å². The fourth-order valence-electron chi connectivity index (χ4n) is 0.836. The average molecular weight is 191 g/mol. The van der Waals surface area contributed by atoms with E-state index in [-0.39, 0.29) is 0 Å². The van der Waals surface area contributed by atoms with Crippen LogP contribution in [0.15, 0.2) is 0 Å². The van der Waals surface area contributed by atoms with E-state index in [9.17, 15) is 0 Å². The Kier molecular flexibility index (Phi) is 2.31. The van der Waals surface area contributed by atoms with Crippen molar-refractivity contribution >= 4 is 0 Å². The van der Waals surface area contributed by atoms with E-state index in [1.807, 2.05) is 0 Å². The normalized spacial score (nSPS) is 25.4. The molecule has 0 aliphatic carbocycles. The first-order valence-electron chi connectivity index (χ1n) is 2.77. The van der Waals surface area contributed by atoms with Gasteiger partial charge in [-0.2, -0.15) is 0 Å². The summed E-state index contributed by atoms with van der Waals surface area (Å²) in [5.74, 6) is 0. The maximum absolute atomic E-state index is 3.18. The van der Waals surface area contributed by atoms with Crippen molar-refractivity contribution in [1.29, 1.82) is 0 Å². The van der Waals surface area contributed by atoms with Crippen LogP contribution in [0.25, 0.3) is 0 Å². The van der Waals surface area contributed by atoms with Gasteiger partial charge in [-0.15, -0.1) is 0 Å². The topological polar surface area (TPSA) is 3.24 Å². The number of hydrogen-bond donors (Lipinski definition) is 0. The third-order valence-electron chi connectivity index (χ3n) is 1.27. The Morgan fingerprint density at radius 3 is 1.86 bits per heavy atom. The molecule has 0 unspecified atom stereocenters. The second-order valence-corrected chi connectivity index (χ2v) is 2.91. The fourth-order valence-corrected chi connectivity index (χ4v) is 1.33. The summed E-state index contributed by atoms with van der Waals surface area (Å²) in [6, 6.07) is 0. The first-order valence-corrected chi connectivity index (χ1v) is 3.47. The maximum atomic E-state index is 3.18. The van der Waals surface area contributed by atoms with Crippen molar-refractivity contribution in [3.05, 3.63) is 0 Å². The van der Waals surface area contributed by atoms with E-state index < -0.39 is 0 Å². The third kappa shape index (κ3) is 1.90. The summed E-state index contributed by atoms with van der Waals surface area (Å²) in [4.78, 5) is 0. The molecule has 0 aromatic heterocycles. The summed E-state index contributed by atoms with van der Waals surface area (Å²) in [6.45, 7) is 2.51. The average Bonchev–Trinajstić information content (AvgIpc) is 1.69. The number of nitrogens with zero attached hydrogens (tertiary/aromatic N) is 1. The van der Waals surface area contributed by atoms with Gasteiger partial charge in [-0.1, -0.05) is 0 Å². The second-order valence-electron chi connectivity index (χ2n) is 1.93. The SMILES string of the molecule is [Pd][N]1CCCCC1. The summed E-state index contributed by atoms with van der Waals surface area (Å²) in [6.07, 6.45) is 4.18. The molecule has 1 aliphatic rings. The van der Waals surface area contributed by atoms with Gasteiger partial charge in [0, 0.05) is 0 Å². The zero-order chi connectivity index (χ0) is 5.11. The van der Waals surface area contributed by atoms with Crippen LogP contribution in [-0.4, -0.2) is 16.6 Å². The molecule has 1 heterocycles.